The van der Waals surface area contributed by atoms with Gasteiger partial charge < -0.3 is 9.84 Å². The molecule has 0 aliphatic heterocycles. The maximum absolute atomic E-state index is 12.3. The van der Waals surface area contributed by atoms with Gasteiger partial charge in [0.25, 0.3) is 0 Å². The van der Waals surface area contributed by atoms with Crippen LogP contribution >= 0.6 is 0 Å². The highest BCUT2D eigenvalue weighted by atomic mass is 16.5. The number of carbonyl (C=O) groups excluding carboxylic acids is 2. The van der Waals surface area contributed by atoms with Crippen molar-refractivity contribution in [2.24, 2.45) is 46.3 Å². The Morgan fingerprint density at radius 2 is 1.84 bits per heavy atom. The fourth-order valence-electron chi connectivity index (χ4n) is 9.08. The highest BCUT2D eigenvalue weighted by Crippen LogP contribution is 2.68. The summed E-state index contributed by atoms with van der Waals surface area (Å²) < 4.78 is 6.01. The molecule has 0 spiro atoms. The van der Waals surface area contributed by atoms with E-state index in [4.69, 9.17) is 9.84 Å². The monoisotopic (exact) mass is 446 g/mol. The average Bonchev–Trinajstić information content (AvgIpc) is 3.05. The predicted molar refractivity (Wildman–Crippen MR) is 122 cm³/mol. The second-order valence-corrected chi connectivity index (χ2v) is 12.1. The molecule has 0 heterocycles. The molecule has 4 rings (SSSR count). The summed E-state index contributed by atoms with van der Waals surface area (Å²) in [6.07, 6.45) is 9.87. The van der Waals surface area contributed by atoms with Gasteiger partial charge in [0.2, 0.25) is 0 Å². The summed E-state index contributed by atoms with van der Waals surface area (Å²) >= 11 is 0. The minimum absolute atomic E-state index is 0.0628. The standard InChI is InChI=1S/C27H42O5/c1-16(6-5-7-24(30)31)20-8-9-21-25-22(11-13-27(20,21)4)26(3)12-10-19(29)14-18(26)15-23(25)32-17(2)28/h16,18,20-23,25H,5-15H2,1-4H3,(H,30,31)/t16-,18+,20-,21+,22+,23-,25+,26+,27-/m1/s1. The summed E-state index contributed by atoms with van der Waals surface area (Å²) in [7, 11) is 0. The molecule has 0 radical (unpaired) electrons. The predicted octanol–water partition coefficient (Wildman–Crippen LogP) is 5.65. The molecule has 0 bridgehead atoms. The molecule has 0 unspecified atom stereocenters. The van der Waals surface area contributed by atoms with Gasteiger partial charge >= 0.3 is 11.9 Å². The molecule has 5 heteroatoms. The summed E-state index contributed by atoms with van der Waals surface area (Å²) in [5.74, 6) is 2.42. The molecular weight excluding hydrogens is 404 g/mol. The number of fused-ring (bicyclic) bond motifs is 5. The van der Waals surface area contributed by atoms with Crippen LogP contribution in [0.2, 0.25) is 0 Å². The molecule has 5 nitrogen and oxygen atoms in total. The van der Waals surface area contributed by atoms with Crippen molar-refractivity contribution in [3.63, 3.8) is 0 Å². The first-order chi connectivity index (χ1) is 15.1. The number of hydrogen-bond acceptors (Lipinski definition) is 4. The Balaban J connectivity index is 1.58. The molecule has 9 atom stereocenters. The SMILES string of the molecule is CC(=O)O[C@@H]1C[C@@H]2CC(=O)CC[C@]2(C)[C@H]2CC[C@]3(C)[C@@H]([C@H](C)CCCC(=O)O)CC[C@H]3[C@H]12. The number of hydrogen-bond donors (Lipinski definition) is 1. The molecule has 0 saturated heterocycles. The van der Waals surface area contributed by atoms with E-state index in [2.05, 4.69) is 20.8 Å². The lowest BCUT2D eigenvalue weighted by Gasteiger charge is -2.62. The van der Waals surface area contributed by atoms with E-state index in [0.717, 1.165) is 32.1 Å². The van der Waals surface area contributed by atoms with E-state index in [-0.39, 0.29) is 29.3 Å². The minimum Gasteiger partial charge on any atom is -0.481 e. The molecule has 180 valence electrons. The third-order valence-electron chi connectivity index (χ3n) is 10.6. The minimum atomic E-state index is -0.701. The fraction of sp³-hybridized carbons (Fsp3) is 0.889. The first-order valence-corrected chi connectivity index (χ1v) is 13.0. The van der Waals surface area contributed by atoms with Crippen molar-refractivity contribution in [3.8, 4) is 0 Å². The molecule has 4 aliphatic rings. The van der Waals surface area contributed by atoms with E-state index in [9.17, 15) is 14.4 Å². The highest BCUT2D eigenvalue weighted by Gasteiger charge is 2.63. The largest absolute Gasteiger partial charge is 0.481 e. The fourth-order valence-corrected chi connectivity index (χ4v) is 9.08. The summed E-state index contributed by atoms with van der Waals surface area (Å²) in [5.41, 5.74) is 0.414. The highest BCUT2D eigenvalue weighted by molar-refractivity contribution is 5.79. The van der Waals surface area contributed by atoms with Crippen molar-refractivity contribution < 1.29 is 24.2 Å². The Hall–Kier alpha value is -1.39. The van der Waals surface area contributed by atoms with E-state index in [1.807, 2.05) is 0 Å². The number of rotatable bonds is 6. The van der Waals surface area contributed by atoms with Crippen molar-refractivity contribution in [2.45, 2.75) is 104 Å². The van der Waals surface area contributed by atoms with Gasteiger partial charge in [-0.2, -0.15) is 0 Å². The first-order valence-electron chi connectivity index (χ1n) is 13.0. The average molecular weight is 447 g/mol. The Morgan fingerprint density at radius 3 is 2.53 bits per heavy atom. The van der Waals surface area contributed by atoms with Crippen molar-refractivity contribution >= 4 is 17.7 Å². The topological polar surface area (TPSA) is 80.7 Å². The van der Waals surface area contributed by atoms with E-state index in [0.29, 0.717) is 54.1 Å². The lowest BCUT2D eigenvalue weighted by molar-refractivity contribution is -0.189. The zero-order valence-electron chi connectivity index (χ0n) is 20.4. The van der Waals surface area contributed by atoms with Crippen molar-refractivity contribution in [2.75, 3.05) is 0 Å². The summed E-state index contributed by atoms with van der Waals surface area (Å²) in [6.45, 7) is 8.75. The van der Waals surface area contributed by atoms with Crippen LogP contribution in [0.3, 0.4) is 0 Å². The Bertz CT molecular complexity index is 761. The number of ether oxygens (including phenoxy) is 1. The Kier molecular flexibility index (Phi) is 6.50. The second kappa shape index (κ2) is 8.76. The number of ketones is 1. The van der Waals surface area contributed by atoms with Gasteiger partial charge in [0.1, 0.15) is 11.9 Å². The van der Waals surface area contributed by atoms with Crippen LogP contribution in [-0.4, -0.2) is 28.9 Å². The van der Waals surface area contributed by atoms with Gasteiger partial charge in [-0.1, -0.05) is 20.8 Å². The van der Waals surface area contributed by atoms with Crippen molar-refractivity contribution in [3.05, 3.63) is 0 Å². The number of esters is 1. The molecule has 0 aromatic carbocycles. The van der Waals surface area contributed by atoms with E-state index in [1.54, 1.807) is 0 Å². The second-order valence-electron chi connectivity index (χ2n) is 12.1. The van der Waals surface area contributed by atoms with Crippen LogP contribution < -0.4 is 0 Å². The zero-order chi connectivity index (χ0) is 23.3. The van der Waals surface area contributed by atoms with E-state index in [1.165, 1.54) is 26.2 Å². The maximum Gasteiger partial charge on any atom is 0.303 e. The third-order valence-corrected chi connectivity index (χ3v) is 10.6. The van der Waals surface area contributed by atoms with Gasteiger partial charge in [0, 0.05) is 32.1 Å². The molecule has 32 heavy (non-hydrogen) atoms. The van der Waals surface area contributed by atoms with Gasteiger partial charge in [0.15, 0.2) is 0 Å². The van der Waals surface area contributed by atoms with Crippen LogP contribution in [0.5, 0.6) is 0 Å². The number of Topliss-reactive ketones (excluding diaryl/α,β-unsaturated/α-hetero) is 1. The Morgan fingerprint density at radius 1 is 1.12 bits per heavy atom. The number of carboxylic acids is 1. The molecule has 0 amide bonds. The van der Waals surface area contributed by atoms with Crippen molar-refractivity contribution in [1.82, 2.24) is 0 Å². The third kappa shape index (κ3) is 4.03. The van der Waals surface area contributed by atoms with Crippen molar-refractivity contribution in [1.29, 1.82) is 0 Å². The van der Waals surface area contributed by atoms with Gasteiger partial charge in [-0.15, -0.1) is 0 Å². The molecular formula is C27H42O5. The van der Waals surface area contributed by atoms with Gasteiger partial charge in [-0.25, -0.2) is 0 Å². The molecule has 4 saturated carbocycles. The number of carbonyl (C=O) groups is 3. The number of aliphatic carboxylic acids is 1. The number of carboxylic acid groups (broad SMARTS) is 1. The maximum atomic E-state index is 12.3. The van der Waals surface area contributed by atoms with Crippen LogP contribution in [0, 0.1) is 46.3 Å². The van der Waals surface area contributed by atoms with E-state index >= 15 is 0 Å². The Labute approximate surface area is 193 Å². The van der Waals surface area contributed by atoms with E-state index < -0.39 is 5.97 Å². The molecule has 0 aromatic rings. The lowest BCUT2D eigenvalue weighted by atomic mass is 9.43. The van der Waals surface area contributed by atoms with Crippen LogP contribution in [0.15, 0.2) is 0 Å². The normalized spacial score (nSPS) is 44.2. The smallest absolute Gasteiger partial charge is 0.303 e. The first kappa shape index (κ1) is 23.8. The lowest BCUT2D eigenvalue weighted by Crippen LogP contribution is -2.59. The molecule has 4 aliphatic carbocycles. The molecule has 0 aromatic heterocycles. The van der Waals surface area contributed by atoms with Gasteiger partial charge in [-0.3, -0.25) is 14.4 Å². The quantitative estimate of drug-likeness (QED) is 0.534. The van der Waals surface area contributed by atoms with Crippen LogP contribution in [-0.2, 0) is 19.1 Å². The van der Waals surface area contributed by atoms with Crippen LogP contribution in [0.1, 0.15) is 98.3 Å². The molecule has 1 N–H and O–H groups in total. The summed E-state index contributed by atoms with van der Waals surface area (Å²) in [4.78, 5) is 35.3. The van der Waals surface area contributed by atoms with Crippen LogP contribution in [0.4, 0.5) is 0 Å². The summed E-state index contributed by atoms with van der Waals surface area (Å²) in [5, 5.41) is 9.03. The van der Waals surface area contributed by atoms with Gasteiger partial charge in [0.05, 0.1) is 0 Å². The summed E-state index contributed by atoms with van der Waals surface area (Å²) in [6, 6.07) is 0. The van der Waals surface area contributed by atoms with Crippen LogP contribution in [0.25, 0.3) is 0 Å². The zero-order valence-corrected chi connectivity index (χ0v) is 20.4. The van der Waals surface area contributed by atoms with Gasteiger partial charge in [-0.05, 0) is 91.8 Å². The molecule has 4 fully saturated rings.